The highest BCUT2D eigenvalue weighted by atomic mass is 79.9. The van der Waals surface area contributed by atoms with E-state index >= 15 is 0 Å². The third kappa shape index (κ3) is 6.63. The Morgan fingerprint density at radius 3 is 2.76 bits per heavy atom. The van der Waals surface area contributed by atoms with Crippen LogP contribution in [0.2, 0.25) is 10.0 Å². The first-order valence-electron chi connectivity index (χ1n) is 11.5. The maximum atomic E-state index is 12.8. The van der Waals surface area contributed by atoms with Crippen LogP contribution in [0.4, 0.5) is 5.69 Å². The molecule has 10 heteroatoms. The molecule has 192 valence electrons. The molecule has 1 unspecified atom stereocenters. The van der Waals surface area contributed by atoms with Crippen LogP contribution in [-0.4, -0.2) is 47.1 Å². The van der Waals surface area contributed by atoms with Crippen molar-refractivity contribution < 1.29 is 14.3 Å². The minimum atomic E-state index is -0.398. The Balaban J connectivity index is 1.40. The molecule has 2 aromatic carbocycles. The SMILES string of the molecule is CN(C(=O)CNC(=O)/C=C/c1ccccc1)c1ccc(Cl)c(COC2=CC=CN3CC(C)(Br)N=C23)c1Cl. The topological polar surface area (TPSA) is 74.2 Å². The van der Waals surface area contributed by atoms with Crippen LogP contribution in [0.15, 0.2) is 77.6 Å². The zero-order valence-corrected chi connectivity index (χ0v) is 23.3. The van der Waals surface area contributed by atoms with Crippen LogP contribution in [0.5, 0.6) is 0 Å². The van der Waals surface area contributed by atoms with Crippen molar-refractivity contribution in [1.82, 2.24) is 10.2 Å². The van der Waals surface area contributed by atoms with E-state index in [1.54, 1.807) is 25.3 Å². The largest absolute Gasteiger partial charge is 0.485 e. The number of alkyl halides is 1. The molecular formula is C27H25BrCl2N4O3. The number of likely N-dealkylation sites (N-methyl/N-ethyl adjacent to an activating group) is 1. The van der Waals surface area contributed by atoms with Gasteiger partial charge in [-0.2, -0.15) is 0 Å². The van der Waals surface area contributed by atoms with Crippen molar-refractivity contribution in [1.29, 1.82) is 0 Å². The first-order valence-corrected chi connectivity index (χ1v) is 13.0. The van der Waals surface area contributed by atoms with Gasteiger partial charge in [-0.25, -0.2) is 4.99 Å². The molecule has 1 atom stereocenters. The third-order valence-corrected chi connectivity index (χ3v) is 6.92. The fraction of sp³-hybridized carbons (Fsp3) is 0.222. The highest BCUT2D eigenvalue weighted by Crippen LogP contribution is 2.36. The highest BCUT2D eigenvalue weighted by molar-refractivity contribution is 9.10. The molecule has 2 aliphatic rings. The number of anilines is 1. The van der Waals surface area contributed by atoms with Crippen molar-refractivity contribution in [3.8, 4) is 0 Å². The van der Waals surface area contributed by atoms with Crippen LogP contribution < -0.4 is 10.2 Å². The number of amidine groups is 1. The Morgan fingerprint density at radius 1 is 1.24 bits per heavy atom. The van der Waals surface area contributed by atoms with Gasteiger partial charge in [-0.3, -0.25) is 9.59 Å². The smallest absolute Gasteiger partial charge is 0.246 e. The van der Waals surface area contributed by atoms with Gasteiger partial charge >= 0.3 is 0 Å². The van der Waals surface area contributed by atoms with Crippen molar-refractivity contribution in [3.05, 3.63) is 93.8 Å². The van der Waals surface area contributed by atoms with E-state index in [4.69, 9.17) is 27.9 Å². The number of ether oxygens (including phenoxy) is 1. The lowest BCUT2D eigenvalue weighted by Gasteiger charge is -2.23. The van der Waals surface area contributed by atoms with Crippen LogP contribution >= 0.6 is 39.1 Å². The number of hydrogen-bond acceptors (Lipinski definition) is 5. The van der Waals surface area contributed by atoms with E-state index in [0.717, 1.165) is 11.4 Å². The maximum Gasteiger partial charge on any atom is 0.246 e. The molecule has 2 amide bonds. The number of nitrogens with one attached hydrogen (secondary N) is 1. The minimum Gasteiger partial charge on any atom is -0.485 e. The molecule has 0 fully saturated rings. The predicted molar refractivity (Wildman–Crippen MR) is 152 cm³/mol. The fourth-order valence-electron chi connectivity index (χ4n) is 3.78. The van der Waals surface area contributed by atoms with E-state index in [-0.39, 0.29) is 25.0 Å². The van der Waals surface area contributed by atoms with Crippen molar-refractivity contribution in [2.24, 2.45) is 4.99 Å². The number of benzene rings is 2. The Bertz CT molecular complexity index is 1320. The van der Waals surface area contributed by atoms with Crippen LogP contribution in [0, 0.1) is 0 Å². The number of rotatable bonds is 8. The lowest BCUT2D eigenvalue weighted by molar-refractivity contribution is -0.122. The van der Waals surface area contributed by atoms with Crippen LogP contribution in [-0.2, 0) is 20.9 Å². The number of halogens is 3. The Hall–Kier alpha value is -3.07. The van der Waals surface area contributed by atoms with Crippen molar-refractivity contribution in [2.45, 2.75) is 18.0 Å². The van der Waals surface area contributed by atoms with Gasteiger partial charge in [0.15, 0.2) is 11.6 Å². The lowest BCUT2D eigenvalue weighted by Crippen LogP contribution is -2.37. The summed E-state index contributed by atoms with van der Waals surface area (Å²) in [4.78, 5) is 33.0. The van der Waals surface area contributed by atoms with Crippen LogP contribution in [0.25, 0.3) is 6.08 Å². The number of allylic oxidation sites excluding steroid dienone is 2. The Labute approximate surface area is 234 Å². The summed E-state index contributed by atoms with van der Waals surface area (Å²) in [7, 11) is 1.59. The zero-order valence-electron chi connectivity index (χ0n) is 20.2. The molecule has 4 rings (SSSR count). The minimum absolute atomic E-state index is 0.0834. The number of carbonyl (C=O) groups excluding carboxylic acids is 2. The predicted octanol–water partition coefficient (Wildman–Crippen LogP) is 5.54. The quantitative estimate of drug-likeness (QED) is 0.244. The summed E-state index contributed by atoms with van der Waals surface area (Å²) in [5.41, 5.74) is 1.88. The number of fused-ring (bicyclic) bond motifs is 1. The molecule has 0 bridgehead atoms. The van der Waals surface area contributed by atoms with Gasteiger partial charge in [0.1, 0.15) is 11.1 Å². The maximum absolute atomic E-state index is 12.8. The van der Waals surface area contributed by atoms with Crippen LogP contribution in [0.3, 0.4) is 0 Å². The van der Waals surface area contributed by atoms with Crippen molar-refractivity contribution >= 4 is 68.5 Å². The summed E-state index contributed by atoms with van der Waals surface area (Å²) in [5.74, 6) is 0.596. The molecule has 0 saturated carbocycles. The molecule has 37 heavy (non-hydrogen) atoms. The molecule has 0 aliphatic carbocycles. The number of nitrogens with zero attached hydrogens (tertiary/aromatic N) is 3. The lowest BCUT2D eigenvalue weighted by atomic mass is 10.2. The van der Waals surface area contributed by atoms with Crippen molar-refractivity contribution in [2.75, 3.05) is 25.0 Å². The molecule has 2 aromatic rings. The summed E-state index contributed by atoms with van der Waals surface area (Å²) in [5, 5.41) is 3.30. The summed E-state index contributed by atoms with van der Waals surface area (Å²) in [6.45, 7) is 2.55. The number of aliphatic imine (C=N–C) groups is 1. The number of hydrogen-bond donors (Lipinski definition) is 1. The molecule has 0 spiro atoms. The van der Waals surface area contributed by atoms with Gasteiger partial charge in [-0.1, -0.05) is 69.5 Å². The molecule has 1 N–H and O–H groups in total. The summed E-state index contributed by atoms with van der Waals surface area (Å²) >= 11 is 16.7. The summed E-state index contributed by atoms with van der Waals surface area (Å²) in [6, 6.07) is 12.7. The first-order chi connectivity index (χ1) is 17.6. The fourth-order valence-corrected chi connectivity index (χ4v) is 4.83. The standard InChI is InChI=1S/C27H25BrCl2N4O3/c1-27(28)17-34-14-6-9-22(26(34)32-27)37-16-19-20(29)11-12-21(25(19)30)33(2)24(36)15-31-23(35)13-10-18-7-4-3-5-8-18/h3-14H,15-17H2,1-2H3,(H,31,35)/b13-10+. The average Bonchev–Trinajstić information content (AvgIpc) is 3.20. The van der Waals surface area contributed by atoms with Gasteiger partial charge in [0.25, 0.3) is 0 Å². The van der Waals surface area contributed by atoms with E-state index in [2.05, 4.69) is 26.2 Å². The second-order valence-corrected chi connectivity index (χ2v) is 11.1. The molecule has 0 aromatic heterocycles. The van der Waals surface area contributed by atoms with Gasteiger partial charge in [-0.15, -0.1) is 0 Å². The van der Waals surface area contributed by atoms with Crippen molar-refractivity contribution in [3.63, 3.8) is 0 Å². The van der Waals surface area contributed by atoms with Gasteiger partial charge < -0.3 is 19.9 Å². The van der Waals surface area contributed by atoms with E-state index in [9.17, 15) is 9.59 Å². The molecular weight excluding hydrogens is 579 g/mol. The molecule has 0 radical (unpaired) electrons. The molecule has 2 heterocycles. The van der Waals surface area contributed by atoms with E-state index in [0.29, 0.717) is 33.6 Å². The number of carbonyl (C=O) groups is 2. The van der Waals surface area contributed by atoms with Gasteiger partial charge in [0.2, 0.25) is 11.8 Å². The van der Waals surface area contributed by atoms with Gasteiger partial charge in [0.05, 0.1) is 23.8 Å². The van der Waals surface area contributed by atoms with E-state index in [1.807, 2.05) is 60.5 Å². The molecule has 2 aliphatic heterocycles. The number of amides is 2. The Kier molecular flexibility index (Phi) is 8.42. The first kappa shape index (κ1) is 27.0. The Morgan fingerprint density at radius 2 is 2.00 bits per heavy atom. The normalized spacial score (nSPS) is 18.4. The summed E-state index contributed by atoms with van der Waals surface area (Å²) < 4.78 is 5.66. The highest BCUT2D eigenvalue weighted by Gasteiger charge is 2.35. The third-order valence-electron chi connectivity index (χ3n) is 5.72. The second-order valence-electron chi connectivity index (χ2n) is 8.64. The summed E-state index contributed by atoms with van der Waals surface area (Å²) in [6.07, 6.45) is 8.72. The van der Waals surface area contributed by atoms with Gasteiger partial charge in [0, 0.05) is 29.9 Å². The van der Waals surface area contributed by atoms with Crippen LogP contribution in [0.1, 0.15) is 18.1 Å². The zero-order chi connectivity index (χ0) is 26.6. The molecule has 7 nitrogen and oxygen atoms in total. The van der Waals surface area contributed by atoms with Gasteiger partial charge in [-0.05, 0) is 42.8 Å². The average molecular weight is 604 g/mol. The van der Waals surface area contributed by atoms with E-state index < -0.39 is 4.45 Å². The van der Waals surface area contributed by atoms with E-state index in [1.165, 1.54) is 11.0 Å². The molecule has 0 saturated heterocycles. The second kappa shape index (κ2) is 11.5. The monoisotopic (exact) mass is 602 g/mol.